The molecule has 0 radical (unpaired) electrons. The molecule has 2 atom stereocenters. The van der Waals surface area contributed by atoms with Crippen LogP contribution in [0.25, 0.3) is 0 Å². The molecule has 3 N–H and O–H groups in total. The van der Waals surface area contributed by atoms with Gasteiger partial charge in [0.25, 0.3) is 0 Å². The normalized spacial score (nSPS) is 16.9. The monoisotopic (exact) mass is 276 g/mol. The lowest BCUT2D eigenvalue weighted by atomic mass is 9.97. The van der Waals surface area contributed by atoms with E-state index < -0.39 is 0 Å². The molecule has 0 saturated heterocycles. The summed E-state index contributed by atoms with van der Waals surface area (Å²) in [5.74, 6) is 0.0882. The third-order valence-corrected chi connectivity index (χ3v) is 3.92. The molecule has 110 valence electrons. The van der Waals surface area contributed by atoms with Crippen molar-refractivity contribution in [3.63, 3.8) is 0 Å². The van der Waals surface area contributed by atoms with Crippen LogP contribution in [-0.2, 0) is 6.42 Å². The first kappa shape index (κ1) is 15.0. The van der Waals surface area contributed by atoms with Crippen LogP contribution in [0.3, 0.4) is 0 Å². The lowest BCUT2D eigenvalue weighted by molar-refractivity contribution is 0.0935. The van der Waals surface area contributed by atoms with Crippen molar-refractivity contribution >= 4 is 11.5 Å². The van der Waals surface area contributed by atoms with E-state index in [4.69, 9.17) is 0 Å². The molecule has 1 heterocycles. The summed E-state index contributed by atoms with van der Waals surface area (Å²) in [6, 6.07) is 5.59. The van der Waals surface area contributed by atoms with Crippen LogP contribution in [0.2, 0.25) is 0 Å². The number of benzene rings is 1. The lowest BCUT2D eigenvalue weighted by Gasteiger charge is -2.21. The van der Waals surface area contributed by atoms with Gasteiger partial charge in [0.05, 0.1) is 12.6 Å². The molecule has 0 amide bonds. The van der Waals surface area contributed by atoms with Crippen molar-refractivity contribution in [3.8, 4) is 0 Å². The van der Waals surface area contributed by atoms with Crippen molar-refractivity contribution in [2.45, 2.75) is 45.2 Å². The van der Waals surface area contributed by atoms with E-state index in [1.54, 1.807) is 0 Å². The lowest BCUT2D eigenvalue weighted by Crippen LogP contribution is -2.43. The summed E-state index contributed by atoms with van der Waals surface area (Å²) < 4.78 is 0. The van der Waals surface area contributed by atoms with Crippen molar-refractivity contribution in [3.05, 3.63) is 29.3 Å². The van der Waals surface area contributed by atoms with Gasteiger partial charge in [-0.05, 0) is 49.9 Å². The Balaban J connectivity index is 2.08. The first-order valence-electron chi connectivity index (χ1n) is 7.43. The van der Waals surface area contributed by atoms with Gasteiger partial charge in [0.2, 0.25) is 0 Å². The maximum atomic E-state index is 12.4. The molecule has 2 unspecified atom stereocenters. The number of carbonyl (C=O) groups is 1. The number of aliphatic hydroxyl groups excluding tert-OH is 1. The average molecular weight is 276 g/mol. The second kappa shape index (κ2) is 6.86. The van der Waals surface area contributed by atoms with Gasteiger partial charge in [-0.2, -0.15) is 0 Å². The number of rotatable bonds is 6. The molecule has 1 aromatic rings. The summed E-state index contributed by atoms with van der Waals surface area (Å²) in [5.41, 5.74) is 3.12. The van der Waals surface area contributed by atoms with Crippen molar-refractivity contribution in [1.82, 2.24) is 5.32 Å². The fraction of sp³-hybridized carbons (Fsp3) is 0.562. The molecule has 1 aliphatic heterocycles. The van der Waals surface area contributed by atoms with Crippen molar-refractivity contribution in [1.29, 1.82) is 0 Å². The summed E-state index contributed by atoms with van der Waals surface area (Å²) in [6.45, 7) is 4.92. The molecule has 4 heteroatoms. The van der Waals surface area contributed by atoms with Gasteiger partial charge in [-0.25, -0.2) is 0 Å². The highest BCUT2D eigenvalue weighted by Gasteiger charge is 2.19. The summed E-state index contributed by atoms with van der Waals surface area (Å²) in [7, 11) is 0. The number of hydrogen-bond donors (Lipinski definition) is 3. The van der Waals surface area contributed by atoms with Gasteiger partial charge in [0, 0.05) is 23.8 Å². The highest BCUT2D eigenvalue weighted by Crippen LogP contribution is 2.23. The topological polar surface area (TPSA) is 61.4 Å². The summed E-state index contributed by atoms with van der Waals surface area (Å²) >= 11 is 0. The number of carbonyl (C=O) groups excluding carboxylic acids is 1. The Labute approximate surface area is 120 Å². The molecule has 0 aliphatic carbocycles. The van der Waals surface area contributed by atoms with Crippen LogP contribution in [0, 0.1) is 0 Å². The summed E-state index contributed by atoms with van der Waals surface area (Å²) in [4.78, 5) is 12.4. The third-order valence-electron chi connectivity index (χ3n) is 3.92. The highest BCUT2D eigenvalue weighted by atomic mass is 16.3. The number of aryl methyl sites for hydroxylation is 1. The van der Waals surface area contributed by atoms with E-state index in [1.165, 1.54) is 5.56 Å². The van der Waals surface area contributed by atoms with Crippen LogP contribution in [0.5, 0.6) is 0 Å². The van der Waals surface area contributed by atoms with Crippen LogP contribution in [0.1, 0.15) is 42.6 Å². The minimum Gasteiger partial charge on any atom is -0.395 e. The maximum absolute atomic E-state index is 12.4. The molecule has 0 spiro atoms. The number of hydrogen-bond acceptors (Lipinski definition) is 4. The fourth-order valence-corrected chi connectivity index (χ4v) is 2.61. The number of aliphatic hydroxyl groups is 1. The number of ketones is 1. The largest absolute Gasteiger partial charge is 0.395 e. The van der Waals surface area contributed by atoms with Gasteiger partial charge in [0.1, 0.15) is 0 Å². The molecular weight excluding hydrogens is 252 g/mol. The van der Waals surface area contributed by atoms with Gasteiger partial charge in [-0.1, -0.05) is 6.92 Å². The number of anilines is 1. The van der Waals surface area contributed by atoms with E-state index in [9.17, 15) is 9.90 Å². The smallest absolute Gasteiger partial charge is 0.179 e. The summed E-state index contributed by atoms with van der Waals surface area (Å²) in [6.07, 6.45) is 2.95. The van der Waals surface area contributed by atoms with E-state index in [0.717, 1.165) is 37.1 Å². The van der Waals surface area contributed by atoms with Gasteiger partial charge in [-0.15, -0.1) is 0 Å². The highest BCUT2D eigenvalue weighted by molar-refractivity contribution is 6.00. The molecule has 0 bridgehead atoms. The van der Waals surface area contributed by atoms with E-state index in [1.807, 2.05) is 32.0 Å². The zero-order valence-corrected chi connectivity index (χ0v) is 12.3. The molecular formula is C16H24N2O2. The van der Waals surface area contributed by atoms with Crippen molar-refractivity contribution in [2.24, 2.45) is 0 Å². The van der Waals surface area contributed by atoms with Crippen LogP contribution >= 0.6 is 0 Å². The van der Waals surface area contributed by atoms with Crippen molar-refractivity contribution < 1.29 is 9.90 Å². The molecule has 1 aromatic carbocycles. The Morgan fingerprint density at radius 2 is 2.30 bits per heavy atom. The van der Waals surface area contributed by atoms with Gasteiger partial charge < -0.3 is 15.7 Å². The Kier molecular flexibility index (Phi) is 5.15. The SMILES string of the molecule is CCC(CO)NC(C)C(=O)c1ccc2c(c1)CCCN2. The molecule has 20 heavy (non-hydrogen) atoms. The number of Topliss-reactive ketones (excluding diaryl/α,β-unsaturated/α-hetero) is 1. The van der Waals surface area contributed by atoms with Crippen molar-refractivity contribution in [2.75, 3.05) is 18.5 Å². The second-order valence-electron chi connectivity index (χ2n) is 5.44. The van der Waals surface area contributed by atoms with E-state index in [2.05, 4.69) is 10.6 Å². The van der Waals surface area contributed by atoms with Crippen LogP contribution < -0.4 is 10.6 Å². The molecule has 1 aliphatic rings. The minimum atomic E-state index is -0.276. The van der Waals surface area contributed by atoms with Crippen LogP contribution in [0.4, 0.5) is 5.69 Å². The van der Waals surface area contributed by atoms with Gasteiger partial charge in [-0.3, -0.25) is 4.79 Å². The first-order valence-corrected chi connectivity index (χ1v) is 7.43. The molecule has 0 aromatic heterocycles. The van der Waals surface area contributed by atoms with Gasteiger partial charge >= 0.3 is 0 Å². The Morgan fingerprint density at radius 1 is 1.50 bits per heavy atom. The number of nitrogens with one attached hydrogen (secondary N) is 2. The predicted molar refractivity (Wildman–Crippen MR) is 81.3 cm³/mol. The van der Waals surface area contributed by atoms with E-state index in [0.29, 0.717) is 0 Å². The van der Waals surface area contributed by atoms with E-state index >= 15 is 0 Å². The average Bonchev–Trinajstić information content (AvgIpc) is 2.51. The zero-order chi connectivity index (χ0) is 14.5. The fourth-order valence-electron chi connectivity index (χ4n) is 2.61. The third kappa shape index (κ3) is 3.38. The Hall–Kier alpha value is -1.39. The molecule has 0 fully saturated rings. The molecule has 0 saturated carbocycles. The first-order chi connectivity index (χ1) is 9.65. The predicted octanol–water partition coefficient (Wildman–Crippen LogP) is 1.98. The van der Waals surface area contributed by atoms with E-state index in [-0.39, 0.29) is 24.5 Å². The van der Waals surface area contributed by atoms with Gasteiger partial charge in [0.15, 0.2) is 5.78 Å². The van der Waals surface area contributed by atoms with Crippen LogP contribution in [-0.4, -0.2) is 36.1 Å². The van der Waals surface area contributed by atoms with Crippen LogP contribution in [0.15, 0.2) is 18.2 Å². The zero-order valence-electron chi connectivity index (χ0n) is 12.3. The quantitative estimate of drug-likeness (QED) is 0.695. The second-order valence-corrected chi connectivity index (χ2v) is 5.44. The Bertz CT molecular complexity index is 470. The number of fused-ring (bicyclic) bond motifs is 1. The molecule has 4 nitrogen and oxygen atoms in total. The Morgan fingerprint density at radius 3 is 3.00 bits per heavy atom. The molecule has 2 rings (SSSR count). The summed E-state index contributed by atoms with van der Waals surface area (Å²) in [5, 5.41) is 15.7. The minimum absolute atomic E-state index is 0.0201. The standard InChI is InChI=1S/C16H24N2O2/c1-3-14(10-19)18-11(2)16(20)13-6-7-15-12(9-13)5-4-8-17-15/h6-7,9,11,14,17-19H,3-5,8,10H2,1-2H3. The maximum Gasteiger partial charge on any atom is 0.179 e.